The van der Waals surface area contributed by atoms with Gasteiger partial charge in [-0.2, -0.15) is 20.7 Å². The molecule has 6 rings (SSSR count). The molecule has 4 heterocycles. The van der Waals surface area contributed by atoms with E-state index in [1.165, 1.54) is 29.1 Å². The molecular weight excluding hydrogens is 609 g/mol. The number of nitrogen functional groups attached to an aromatic ring is 1. The summed E-state index contributed by atoms with van der Waals surface area (Å²) in [6.45, 7) is 3.91. The van der Waals surface area contributed by atoms with E-state index in [1.807, 2.05) is 0 Å². The number of aryl methyl sites for hydroxylation is 2. The molecule has 1 aromatic carbocycles. The molecule has 12 heteroatoms. The lowest BCUT2D eigenvalue weighted by Crippen LogP contribution is -2.12. The smallest absolute Gasteiger partial charge is 0.166 e. The van der Waals surface area contributed by atoms with E-state index in [-0.39, 0.29) is 34.9 Å². The summed E-state index contributed by atoms with van der Waals surface area (Å²) in [7, 11) is 1.73. The van der Waals surface area contributed by atoms with E-state index >= 15 is 0 Å². The van der Waals surface area contributed by atoms with Crippen LogP contribution in [-0.4, -0.2) is 36.5 Å². The maximum atomic E-state index is 14.3. The Morgan fingerprint density at radius 1 is 1.19 bits per heavy atom. The number of fused-ring (bicyclic) bond motifs is 5. The van der Waals surface area contributed by atoms with E-state index in [9.17, 15) is 19.7 Å². The Morgan fingerprint density at radius 3 is 2.65 bits per heavy atom. The van der Waals surface area contributed by atoms with Gasteiger partial charge in [-0.25, -0.2) is 14.1 Å². The third-order valence-corrected chi connectivity index (χ3v) is 9.29. The first-order chi connectivity index (χ1) is 23.1. The number of halogens is 1. The number of nitrogens with one attached hydrogen (secondary N) is 1. The van der Waals surface area contributed by atoms with Crippen molar-refractivity contribution in [2.24, 2.45) is 12.5 Å². The number of allylic oxidation sites excluding steroid dienone is 1. The molecule has 48 heavy (non-hydrogen) atoms. The monoisotopic (exact) mass is 645 g/mol. The molecule has 2 bridgehead atoms. The zero-order valence-corrected chi connectivity index (χ0v) is 27.1. The number of hydrogen-bond donors (Lipinski definition) is 2. The Labute approximate surface area is 278 Å². The number of benzene rings is 1. The molecular formula is C36H36FN9O2. The minimum Gasteiger partial charge on any atom is -0.482 e. The van der Waals surface area contributed by atoms with Gasteiger partial charge in [0.15, 0.2) is 23.0 Å². The second kappa shape index (κ2) is 12.9. The molecule has 0 spiro atoms. The number of anilines is 1. The highest BCUT2D eigenvalue weighted by Gasteiger charge is 2.39. The van der Waals surface area contributed by atoms with Gasteiger partial charge in [0.2, 0.25) is 0 Å². The predicted octanol–water partition coefficient (Wildman–Crippen LogP) is 6.44. The summed E-state index contributed by atoms with van der Waals surface area (Å²) >= 11 is 0. The van der Waals surface area contributed by atoms with Crippen LogP contribution in [0.15, 0.2) is 36.5 Å². The molecule has 1 aliphatic heterocycles. The number of ketones is 1. The number of carbonyl (C=O) groups excluding carboxylic acids is 1. The van der Waals surface area contributed by atoms with Gasteiger partial charge in [0.05, 0.1) is 11.4 Å². The van der Waals surface area contributed by atoms with Crippen molar-refractivity contribution in [2.75, 3.05) is 5.73 Å². The summed E-state index contributed by atoms with van der Waals surface area (Å²) < 4.78 is 23.5. The van der Waals surface area contributed by atoms with Crippen molar-refractivity contribution in [3.63, 3.8) is 0 Å². The fourth-order valence-electron chi connectivity index (χ4n) is 6.36. The number of aromatic nitrogens is 5. The van der Waals surface area contributed by atoms with Crippen LogP contribution in [0.5, 0.6) is 5.75 Å². The molecule has 11 nitrogen and oxygen atoms in total. The Bertz CT molecular complexity index is 2040. The fourth-order valence-corrected chi connectivity index (χ4v) is 6.36. The normalized spacial score (nSPS) is 17.7. The summed E-state index contributed by atoms with van der Waals surface area (Å²) in [4.78, 5) is 17.6. The first-order valence-electron chi connectivity index (χ1n) is 16.0. The Morgan fingerprint density at radius 2 is 1.94 bits per heavy atom. The van der Waals surface area contributed by atoms with Crippen molar-refractivity contribution in [3.05, 3.63) is 81.8 Å². The minimum atomic E-state index is -0.723. The lowest BCUT2D eigenvalue weighted by Gasteiger charge is -2.20. The van der Waals surface area contributed by atoms with Crippen LogP contribution in [0, 0.1) is 39.3 Å². The van der Waals surface area contributed by atoms with Crippen LogP contribution in [0.1, 0.15) is 102 Å². The van der Waals surface area contributed by atoms with E-state index in [0.29, 0.717) is 64.9 Å². The van der Waals surface area contributed by atoms with Gasteiger partial charge in [-0.05, 0) is 75.1 Å². The number of pyridine rings is 1. The third-order valence-electron chi connectivity index (χ3n) is 9.29. The van der Waals surface area contributed by atoms with E-state index < -0.39 is 17.8 Å². The summed E-state index contributed by atoms with van der Waals surface area (Å²) in [5.74, 6) is -0.855. The fraction of sp³-hybridized carbons (Fsp3) is 0.361. The van der Waals surface area contributed by atoms with Gasteiger partial charge in [0.1, 0.15) is 29.8 Å². The van der Waals surface area contributed by atoms with Gasteiger partial charge in [0, 0.05) is 65.8 Å². The molecule has 0 amide bonds. The zero-order chi connectivity index (χ0) is 34.2. The van der Waals surface area contributed by atoms with Crippen molar-refractivity contribution < 1.29 is 13.9 Å². The average Bonchev–Trinajstić information content (AvgIpc) is 3.56. The molecule has 1 saturated carbocycles. The second-order valence-corrected chi connectivity index (χ2v) is 12.9. The van der Waals surface area contributed by atoms with Crippen LogP contribution in [0.2, 0.25) is 0 Å². The zero-order valence-electron chi connectivity index (χ0n) is 27.1. The van der Waals surface area contributed by atoms with Crippen molar-refractivity contribution in [1.82, 2.24) is 24.5 Å². The van der Waals surface area contributed by atoms with Gasteiger partial charge < -0.3 is 15.9 Å². The first-order valence-corrected chi connectivity index (χ1v) is 16.0. The van der Waals surface area contributed by atoms with Gasteiger partial charge in [-0.1, -0.05) is 13.0 Å². The van der Waals surface area contributed by atoms with Crippen LogP contribution in [0.25, 0.3) is 17.3 Å². The molecule has 244 valence electrons. The minimum absolute atomic E-state index is 0.101. The number of hydrogen-bond acceptors (Lipinski definition) is 9. The van der Waals surface area contributed by atoms with Crippen LogP contribution >= 0.6 is 0 Å². The van der Waals surface area contributed by atoms with Crippen molar-refractivity contribution >= 4 is 24.0 Å². The summed E-state index contributed by atoms with van der Waals surface area (Å²) in [6, 6.07) is 10.3. The number of nitrogens with zero attached hydrogens (tertiary/aromatic N) is 7. The number of Topliss-reactive ketones (excluding diaryl/α,β-unsaturated/α-hetero) is 1. The second-order valence-electron chi connectivity index (χ2n) is 12.9. The summed E-state index contributed by atoms with van der Waals surface area (Å²) in [5, 5.41) is 38.1. The molecule has 4 aromatic rings. The quantitative estimate of drug-likeness (QED) is 0.225. The summed E-state index contributed by atoms with van der Waals surface area (Å²) in [6.07, 6.45) is 10.3. The Hall–Kier alpha value is -5.62. The standard InChI is InChI=1S/C36H36FN9O2/c1-21-26-15-24(37)8-9-25(26)31(47)7-5-4-6-27-34(23-14-32(48-21)35(41)42-20-23)30(19-40)46(44-27)13-10-22(17-38)33-28(16-36(2)11-12-36)43-45(3)29(33)18-39/h8-10,13-15,17,20-22,38H,4-7,11-12,16H2,1-3H3,(H2,41,42)/b13-10+,38-17?. The van der Waals surface area contributed by atoms with E-state index in [0.717, 1.165) is 18.5 Å². The molecule has 1 aliphatic carbocycles. The summed E-state index contributed by atoms with van der Waals surface area (Å²) in [5.41, 5.74) is 11.0. The predicted molar refractivity (Wildman–Crippen MR) is 178 cm³/mol. The highest BCUT2D eigenvalue weighted by molar-refractivity contribution is 5.97. The molecule has 0 saturated heterocycles. The largest absolute Gasteiger partial charge is 0.482 e. The molecule has 1 fully saturated rings. The van der Waals surface area contributed by atoms with Gasteiger partial charge in [0.25, 0.3) is 0 Å². The van der Waals surface area contributed by atoms with Crippen LogP contribution in [0.4, 0.5) is 10.2 Å². The molecule has 3 N–H and O–H groups in total. The lowest BCUT2D eigenvalue weighted by atomic mass is 9.92. The number of nitrogens with two attached hydrogens (primary N) is 1. The molecule has 2 unspecified atom stereocenters. The lowest BCUT2D eigenvalue weighted by molar-refractivity contribution is 0.0974. The van der Waals surface area contributed by atoms with Crippen LogP contribution in [0.3, 0.4) is 0 Å². The average molecular weight is 646 g/mol. The topological polar surface area (TPSA) is 172 Å². The van der Waals surface area contributed by atoms with E-state index in [2.05, 4.69) is 29.1 Å². The van der Waals surface area contributed by atoms with Gasteiger partial charge in [-0.15, -0.1) is 0 Å². The Balaban J connectivity index is 1.41. The van der Waals surface area contributed by atoms with Crippen molar-refractivity contribution in [1.29, 1.82) is 15.9 Å². The van der Waals surface area contributed by atoms with Crippen molar-refractivity contribution in [2.45, 2.75) is 70.8 Å². The van der Waals surface area contributed by atoms with Crippen LogP contribution < -0.4 is 10.5 Å². The van der Waals surface area contributed by atoms with Gasteiger partial charge >= 0.3 is 0 Å². The number of rotatable bonds is 6. The SMILES string of the molecule is CC1Oc2cc(cnc2N)-c2c(nn(/C=C/C(C=N)c3c(CC4(C)CC4)nn(C)c3C#N)c2C#N)CCCCC(=O)c2ccc(F)cc21. The molecule has 2 atom stereocenters. The van der Waals surface area contributed by atoms with E-state index in [1.54, 1.807) is 43.2 Å². The van der Waals surface area contributed by atoms with E-state index in [4.69, 9.17) is 21.0 Å². The highest BCUT2D eigenvalue weighted by Crippen LogP contribution is 2.48. The van der Waals surface area contributed by atoms with Crippen molar-refractivity contribution in [3.8, 4) is 29.0 Å². The third kappa shape index (κ3) is 6.21. The Kier molecular flexibility index (Phi) is 8.67. The highest BCUT2D eigenvalue weighted by atomic mass is 19.1. The first kappa shape index (κ1) is 32.3. The molecule has 2 aliphatic rings. The number of nitriles is 2. The number of carbonyl (C=O) groups is 1. The van der Waals surface area contributed by atoms with Gasteiger partial charge in [-0.3, -0.25) is 9.48 Å². The molecule has 3 aromatic heterocycles. The number of ether oxygens (including phenoxy) is 1. The van der Waals surface area contributed by atoms with Crippen LogP contribution in [-0.2, 0) is 19.9 Å². The maximum absolute atomic E-state index is 14.3. The molecule has 0 radical (unpaired) electrons. The maximum Gasteiger partial charge on any atom is 0.166 e.